The number of piperazine rings is 1. The molecule has 1 atom stereocenters. The number of nitrogens with zero attached hydrogens (tertiary/aromatic N) is 1. The summed E-state index contributed by atoms with van der Waals surface area (Å²) in [6, 6.07) is 6.03. The predicted molar refractivity (Wildman–Crippen MR) is 78.6 cm³/mol. The van der Waals surface area contributed by atoms with Crippen LogP contribution >= 0.6 is 15.9 Å². The second kappa shape index (κ2) is 6.71. The molecule has 0 aromatic heterocycles. The minimum Gasteiger partial charge on any atom is -0.469 e. The second-order valence-corrected chi connectivity index (χ2v) is 5.51. The van der Waals surface area contributed by atoms with Gasteiger partial charge in [-0.05, 0) is 24.3 Å². The molecule has 21 heavy (non-hydrogen) atoms. The van der Waals surface area contributed by atoms with Gasteiger partial charge in [0.2, 0.25) is 5.91 Å². The van der Waals surface area contributed by atoms with E-state index in [9.17, 15) is 14.4 Å². The van der Waals surface area contributed by atoms with Crippen molar-refractivity contribution >= 4 is 33.7 Å². The minimum atomic E-state index is -0.831. The van der Waals surface area contributed by atoms with Gasteiger partial charge >= 0.3 is 5.97 Å². The summed E-state index contributed by atoms with van der Waals surface area (Å²) >= 11 is 3.30. The fraction of sp³-hybridized carbons (Fsp3) is 0.357. The van der Waals surface area contributed by atoms with Crippen LogP contribution in [0.1, 0.15) is 16.8 Å². The third-order valence-corrected chi connectivity index (χ3v) is 3.80. The molecule has 0 bridgehead atoms. The number of rotatable bonds is 3. The van der Waals surface area contributed by atoms with Crippen LogP contribution in [0.3, 0.4) is 0 Å². The first-order valence-corrected chi connectivity index (χ1v) is 7.23. The van der Waals surface area contributed by atoms with Crippen molar-refractivity contribution in [3.8, 4) is 0 Å². The van der Waals surface area contributed by atoms with Gasteiger partial charge in [0.15, 0.2) is 0 Å². The third-order valence-electron chi connectivity index (χ3n) is 3.27. The Morgan fingerprint density at radius 3 is 2.67 bits per heavy atom. The van der Waals surface area contributed by atoms with Gasteiger partial charge in [0.05, 0.1) is 13.5 Å². The van der Waals surface area contributed by atoms with E-state index in [2.05, 4.69) is 26.0 Å². The molecule has 1 fully saturated rings. The summed E-state index contributed by atoms with van der Waals surface area (Å²) < 4.78 is 5.45. The number of halogens is 1. The van der Waals surface area contributed by atoms with Crippen LogP contribution in [0.15, 0.2) is 28.7 Å². The lowest BCUT2D eigenvalue weighted by Gasteiger charge is -2.34. The molecule has 112 valence electrons. The molecule has 0 aliphatic carbocycles. The van der Waals surface area contributed by atoms with E-state index in [-0.39, 0.29) is 18.2 Å². The second-order valence-electron chi connectivity index (χ2n) is 4.59. The molecule has 1 N–H and O–H groups in total. The highest BCUT2D eigenvalue weighted by Gasteiger charge is 2.35. The molecular weight excluding hydrogens is 340 g/mol. The number of ether oxygens (including phenoxy) is 1. The normalized spacial score (nSPS) is 18.1. The average Bonchev–Trinajstić information content (AvgIpc) is 2.49. The van der Waals surface area contributed by atoms with Crippen LogP contribution < -0.4 is 5.32 Å². The van der Waals surface area contributed by atoms with Crippen LogP contribution in [0.4, 0.5) is 0 Å². The predicted octanol–water partition coefficient (Wildman–Crippen LogP) is 0.953. The fourth-order valence-electron chi connectivity index (χ4n) is 2.16. The Morgan fingerprint density at radius 1 is 1.38 bits per heavy atom. The number of carbonyl (C=O) groups excluding carboxylic acids is 3. The summed E-state index contributed by atoms with van der Waals surface area (Å²) in [6.45, 7) is 0.737. The maximum absolute atomic E-state index is 12.5. The third kappa shape index (κ3) is 3.60. The highest BCUT2D eigenvalue weighted by Crippen LogP contribution is 2.16. The smallest absolute Gasteiger partial charge is 0.308 e. The van der Waals surface area contributed by atoms with Crippen molar-refractivity contribution in [1.29, 1.82) is 0 Å². The summed E-state index contributed by atoms with van der Waals surface area (Å²) in [7, 11) is 1.25. The molecule has 1 aliphatic rings. The average molecular weight is 355 g/mol. The number of hydrogen-bond acceptors (Lipinski definition) is 4. The zero-order valence-electron chi connectivity index (χ0n) is 11.5. The van der Waals surface area contributed by atoms with Crippen LogP contribution in [0.2, 0.25) is 0 Å². The van der Waals surface area contributed by atoms with E-state index in [0.29, 0.717) is 18.7 Å². The standard InChI is InChI=1S/C14H15BrN2O4/c1-21-12(18)8-11-13(19)16-6-7-17(11)14(20)9-2-4-10(15)5-3-9/h2-5,11H,6-8H2,1H3,(H,16,19). The van der Waals surface area contributed by atoms with Gasteiger partial charge in [-0.2, -0.15) is 0 Å². The summed E-state index contributed by atoms with van der Waals surface area (Å²) in [4.78, 5) is 37.3. The van der Waals surface area contributed by atoms with Crippen LogP contribution in [-0.2, 0) is 14.3 Å². The van der Waals surface area contributed by atoms with Gasteiger partial charge in [0.25, 0.3) is 5.91 Å². The van der Waals surface area contributed by atoms with Crippen LogP contribution in [0.5, 0.6) is 0 Å². The van der Waals surface area contributed by atoms with Crippen molar-refractivity contribution in [2.45, 2.75) is 12.5 Å². The van der Waals surface area contributed by atoms with Crippen molar-refractivity contribution < 1.29 is 19.1 Å². The van der Waals surface area contributed by atoms with Gasteiger partial charge in [-0.25, -0.2) is 0 Å². The van der Waals surface area contributed by atoms with Gasteiger partial charge in [0.1, 0.15) is 6.04 Å². The number of nitrogens with one attached hydrogen (secondary N) is 1. The molecule has 1 unspecified atom stereocenters. The zero-order valence-corrected chi connectivity index (χ0v) is 13.1. The monoisotopic (exact) mass is 354 g/mol. The number of esters is 1. The SMILES string of the molecule is COC(=O)CC1C(=O)NCCN1C(=O)c1ccc(Br)cc1. The summed E-state index contributed by atoms with van der Waals surface area (Å²) in [5, 5.41) is 2.66. The number of amides is 2. The molecule has 7 heteroatoms. The van der Waals surface area contributed by atoms with Gasteiger partial charge in [-0.3, -0.25) is 14.4 Å². The Morgan fingerprint density at radius 2 is 2.05 bits per heavy atom. The number of hydrogen-bond donors (Lipinski definition) is 1. The maximum Gasteiger partial charge on any atom is 0.308 e. The van der Waals surface area contributed by atoms with Crippen molar-refractivity contribution in [2.75, 3.05) is 20.2 Å². The van der Waals surface area contributed by atoms with Crippen LogP contribution in [0, 0.1) is 0 Å². The fourth-order valence-corrected chi connectivity index (χ4v) is 2.42. The van der Waals surface area contributed by atoms with Crippen LogP contribution in [0.25, 0.3) is 0 Å². The molecule has 1 saturated heterocycles. The summed E-state index contributed by atoms with van der Waals surface area (Å²) in [5.41, 5.74) is 0.475. The molecule has 1 aromatic carbocycles. The summed E-state index contributed by atoms with van der Waals surface area (Å²) in [6.07, 6.45) is -0.148. The minimum absolute atomic E-state index is 0.148. The van der Waals surface area contributed by atoms with E-state index in [1.54, 1.807) is 24.3 Å². The van der Waals surface area contributed by atoms with Crippen molar-refractivity contribution in [3.05, 3.63) is 34.3 Å². The molecule has 6 nitrogen and oxygen atoms in total. The first-order chi connectivity index (χ1) is 10.0. The maximum atomic E-state index is 12.5. The first-order valence-electron chi connectivity index (χ1n) is 6.44. The molecule has 1 heterocycles. The largest absolute Gasteiger partial charge is 0.469 e. The lowest BCUT2D eigenvalue weighted by molar-refractivity contribution is -0.145. The Balaban J connectivity index is 2.21. The highest BCUT2D eigenvalue weighted by atomic mass is 79.9. The number of benzene rings is 1. The summed E-state index contributed by atoms with van der Waals surface area (Å²) in [5.74, 6) is -1.13. The van der Waals surface area contributed by atoms with Gasteiger partial charge in [-0.1, -0.05) is 15.9 Å². The molecular formula is C14H15BrN2O4. The van der Waals surface area contributed by atoms with E-state index in [4.69, 9.17) is 0 Å². The van der Waals surface area contributed by atoms with Crippen molar-refractivity contribution in [2.24, 2.45) is 0 Å². The number of methoxy groups -OCH3 is 1. The van der Waals surface area contributed by atoms with Crippen LogP contribution in [-0.4, -0.2) is 48.9 Å². The lowest BCUT2D eigenvalue weighted by Crippen LogP contribution is -2.57. The Bertz CT molecular complexity index is 559. The molecule has 0 spiro atoms. The van der Waals surface area contributed by atoms with E-state index < -0.39 is 12.0 Å². The van der Waals surface area contributed by atoms with Gasteiger partial charge < -0.3 is 15.0 Å². The van der Waals surface area contributed by atoms with Gasteiger partial charge in [0, 0.05) is 23.1 Å². The Labute approximate surface area is 130 Å². The van der Waals surface area contributed by atoms with Crippen molar-refractivity contribution in [3.63, 3.8) is 0 Å². The molecule has 1 aliphatic heterocycles. The van der Waals surface area contributed by atoms with E-state index >= 15 is 0 Å². The van der Waals surface area contributed by atoms with E-state index in [1.165, 1.54) is 12.0 Å². The van der Waals surface area contributed by atoms with E-state index in [1.807, 2.05) is 0 Å². The zero-order chi connectivity index (χ0) is 15.4. The molecule has 2 rings (SSSR count). The Hall–Kier alpha value is -1.89. The van der Waals surface area contributed by atoms with E-state index in [0.717, 1.165) is 4.47 Å². The topological polar surface area (TPSA) is 75.7 Å². The Kier molecular flexibility index (Phi) is 4.95. The van der Waals surface area contributed by atoms with Gasteiger partial charge in [-0.15, -0.1) is 0 Å². The first kappa shape index (κ1) is 15.5. The molecule has 2 amide bonds. The van der Waals surface area contributed by atoms with Crippen molar-refractivity contribution in [1.82, 2.24) is 10.2 Å². The lowest BCUT2D eigenvalue weighted by atomic mass is 10.1. The molecule has 0 radical (unpaired) electrons. The quantitative estimate of drug-likeness (QED) is 0.820. The molecule has 0 saturated carbocycles. The molecule has 1 aromatic rings. The number of carbonyl (C=O) groups is 3. The highest BCUT2D eigenvalue weighted by molar-refractivity contribution is 9.10.